The summed E-state index contributed by atoms with van der Waals surface area (Å²) in [6, 6.07) is 12.6. The topological polar surface area (TPSA) is 79.8 Å². The zero-order chi connectivity index (χ0) is 19.8. The molecule has 6 nitrogen and oxygen atoms in total. The quantitative estimate of drug-likeness (QED) is 0.559. The summed E-state index contributed by atoms with van der Waals surface area (Å²) in [5.41, 5.74) is 5.52. The molecular formula is C20H22ClN3O3. The third kappa shape index (κ3) is 7.11. The second-order valence-corrected chi connectivity index (χ2v) is 6.60. The second-order valence-electron chi connectivity index (χ2n) is 6.17. The number of carbonyl (C=O) groups is 2. The van der Waals surface area contributed by atoms with Crippen LogP contribution in [0.25, 0.3) is 0 Å². The van der Waals surface area contributed by atoms with Gasteiger partial charge in [0.05, 0.1) is 6.42 Å². The molecule has 0 atom stereocenters. The van der Waals surface area contributed by atoms with E-state index in [0.29, 0.717) is 22.2 Å². The van der Waals surface area contributed by atoms with Crippen LogP contribution in [0.5, 0.6) is 5.75 Å². The molecule has 0 aliphatic carbocycles. The van der Waals surface area contributed by atoms with E-state index < -0.39 is 5.91 Å². The van der Waals surface area contributed by atoms with Gasteiger partial charge >= 0.3 is 0 Å². The van der Waals surface area contributed by atoms with Gasteiger partial charge in [-0.2, -0.15) is 5.10 Å². The van der Waals surface area contributed by atoms with Crippen LogP contribution >= 0.6 is 11.6 Å². The highest BCUT2D eigenvalue weighted by Gasteiger charge is 2.08. The molecule has 0 aliphatic heterocycles. The van der Waals surface area contributed by atoms with Crippen molar-refractivity contribution in [2.75, 3.05) is 11.9 Å². The number of rotatable bonds is 7. The largest absolute Gasteiger partial charge is 0.484 e. The Labute approximate surface area is 163 Å². The normalized spacial score (nSPS) is 11.0. The molecule has 0 unspecified atom stereocenters. The van der Waals surface area contributed by atoms with Crippen molar-refractivity contribution in [1.29, 1.82) is 0 Å². The molecule has 2 rings (SSSR count). The molecule has 7 heteroatoms. The van der Waals surface area contributed by atoms with Gasteiger partial charge < -0.3 is 10.1 Å². The molecule has 2 aromatic rings. The van der Waals surface area contributed by atoms with Crippen molar-refractivity contribution >= 4 is 34.8 Å². The van der Waals surface area contributed by atoms with Crippen molar-refractivity contribution in [1.82, 2.24) is 5.43 Å². The fourth-order valence-electron chi connectivity index (χ4n) is 2.21. The number of hydrogen-bond acceptors (Lipinski definition) is 4. The molecule has 0 saturated carbocycles. The van der Waals surface area contributed by atoms with E-state index in [4.69, 9.17) is 16.3 Å². The zero-order valence-electron chi connectivity index (χ0n) is 15.5. The third-order valence-corrected chi connectivity index (χ3v) is 3.88. The van der Waals surface area contributed by atoms with Crippen molar-refractivity contribution in [3.63, 3.8) is 0 Å². The predicted octanol–water partition coefficient (Wildman–Crippen LogP) is 3.86. The van der Waals surface area contributed by atoms with Crippen molar-refractivity contribution in [3.8, 4) is 5.75 Å². The van der Waals surface area contributed by atoms with Gasteiger partial charge in [0.2, 0.25) is 5.91 Å². The average Bonchev–Trinajstić information content (AvgIpc) is 2.62. The first kappa shape index (κ1) is 20.5. The Morgan fingerprint density at radius 1 is 1.07 bits per heavy atom. The SMILES string of the molecule is C/C(CC(=O)Nc1ccc(Cl)cc1C)=N/NC(=O)COc1ccc(C)cc1. The molecule has 0 radical (unpaired) electrons. The van der Waals surface area contributed by atoms with Crippen molar-refractivity contribution in [2.24, 2.45) is 5.10 Å². The number of hydrazone groups is 1. The zero-order valence-corrected chi connectivity index (χ0v) is 16.3. The van der Waals surface area contributed by atoms with Crippen LogP contribution in [0.1, 0.15) is 24.5 Å². The van der Waals surface area contributed by atoms with Gasteiger partial charge in [0.25, 0.3) is 5.91 Å². The number of halogens is 1. The summed E-state index contributed by atoms with van der Waals surface area (Å²) in [7, 11) is 0. The average molecular weight is 388 g/mol. The highest BCUT2D eigenvalue weighted by molar-refractivity contribution is 6.30. The Hall–Kier alpha value is -2.86. The number of anilines is 1. The van der Waals surface area contributed by atoms with Crippen molar-refractivity contribution in [3.05, 3.63) is 58.6 Å². The van der Waals surface area contributed by atoms with Gasteiger partial charge in [0.15, 0.2) is 6.61 Å². The summed E-state index contributed by atoms with van der Waals surface area (Å²) in [5.74, 6) is -0.0233. The van der Waals surface area contributed by atoms with E-state index in [0.717, 1.165) is 11.1 Å². The van der Waals surface area contributed by atoms with E-state index >= 15 is 0 Å². The first-order valence-corrected chi connectivity index (χ1v) is 8.79. The monoisotopic (exact) mass is 387 g/mol. The minimum Gasteiger partial charge on any atom is -0.484 e. The number of ether oxygens (including phenoxy) is 1. The first-order valence-electron chi connectivity index (χ1n) is 8.41. The maximum absolute atomic E-state index is 12.1. The molecule has 2 aromatic carbocycles. The predicted molar refractivity (Wildman–Crippen MR) is 107 cm³/mol. The number of aryl methyl sites for hydroxylation is 2. The summed E-state index contributed by atoms with van der Waals surface area (Å²) in [5, 5.41) is 7.33. The van der Waals surface area contributed by atoms with Gasteiger partial charge in [0.1, 0.15) is 5.75 Å². The summed E-state index contributed by atoms with van der Waals surface area (Å²) in [4.78, 5) is 23.9. The van der Waals surface area contributed by atoms with Crippen molar-refractivity contribution < 1.29 is 14.3 Å². The van der Waals surface area contributed by atoms with E-state index in [1.54, 1.807) is 37.3 Å². The van der Waals surface area contributed by atoms with E-state index in [1.165, 1.54) is 0 Å². The van der Waals surface area contributed by atoms with E-state index in [9.17, 15) is 9.59 Å². The Kier molecular flexibility index (Phi) is 7.37. The van der Waals surface area contributed by atoms with Crippen LogP contribution in [0.15, 0.2) is 47.6 Å². The number of carbonyl (C=O) groups excluding carboxylic acids is 2. The fourth-order valence-corrected chi connectivity index (χ4v) is 2.43. The van der Waals surface area contributed by atoms with Gasteiger partial charge in [0, 0.05) is 16.4 Å². The molecule has 142 valence electrons. The lowest BCUT2D eigenvalue weighted by Gasteiger charge is -2.09. The van der Waals surface area contributed by atoms with Gasteiger partial charge in [-0.3, -0.25) is 9.59 Å². The van der Waals surface area contributed by atoms with Crippen LogP contribution in [-0.2, 0) is 9.59 Å². The maximum Gasteiger partial charge on any atom is 0.277 e. The maximum atomic E-state index is 12.1. The van der Waals surface area contributed by atoms with Gasteiger partial charge in [-0.25, -0.2) is 5.43 Å². The molecule has 0 aromatic heterocycles. The fraction of sp³-hybridized carbons (Fsp3) is 0.250. The molecule has 0 spiro atoms. The molecule has 0 heterocycles. The van der Waals surface area contributed by atoms with E-state index in [-0.39, 0.29) is 18.9 Å². The number of amides is 2. The van der Waals surface area contributed by atoms with Crippen LogP contribution in [-0.4, -0.2) is 24.1 Å². The highest BCUT2D eigenvalue weighted by atomic mass is 35.5. The number of hydrogen-bond donors (Lipinski definition) is 2. The minimum atomic E-state index is -0.399. The molecule has 2 N–H and O–H groups in total. The van der Waals surface area contributed by atoms with Crippen LogP contribution in [0.4, 0.5) is 5.69 Å². The Bertz CT molecular complexity index is 848. The van der Waals surface area contributed by atoms with Crippen LogP contribution in [0.2, 0.25) is 5.02 Å². The third-order valence-electron chi connectivity index (χ3n) is 3.64. The molecule has 0 fully saturated rings. The highest BCUT2D eigenvalue weighted by Crippen LogP contribution is 2.19. The van der Waals surface area contributed by atoms with Crippen LogP contribution < -0.4 is 15.5 Å². The smallest absolute Gasteiger partial charge is 0.277 e. The van der Waals surface area contributed by atoms with E-state index in [1.807, 2.05) is 26.0 Å². The molecule has 2 amide bonds. The van der Waals surface area contributed by atoms with Gasteiger partial charge in [-0.05, 0) is 56.7 Å². The number of benzene rings is 2. The Morgan fingerprint density at radius 2 is 1.78 bits per heavy atom. The van der Waals surface area contributed by atoms with Gasteiger partial charge in [-0.1, -0.05) is 29.3 Å². The van der Waals surface area contributed by atoms with Crippen LogP contribution in [0, 0.1) is 13.8 Å². The lowest BCUT2D eigenvalue weighted by Crippen LogP contribution is -2.26. The number of nitrogens with zero attached hydrogens (tertiary/aromatic N) is 1. The van der Waals surface area contributed by atoms with E-state index in [2.05, 4.69) is 15.8 Å². The summed E-state index contributed by atoms with van der Waals surface area (Å²) in [6.45, 7) is 5.33. The van der Waals surface area contributed by atoms with Crippen LogP contribution in [0.3, 0.4) is 0 Å². The second kappa shape index (κ2) is 9.73. The molecule has 0 aliphatic rings. The summed E-state index contributed by atoms with van der Waals surface area (Å²) in [6.07, 6.45) is 0.0567. The molecule has 0 bridgehead atoms. The Balaban J connectivity index is 1.77. The summed E-state index contributed by atoms with van der Waals surface area (Å²) < 4.78 is 5.37. The first-order chi connectivity index (χ1) is 12.8. The molecular weight excluding hydrogens is 366 g/mol. The lowest BCUT2D eigenvalue weighted by atomic mass is 10.2. The van der Waals surface area contributed by atoms with Gasteiger partial charge in [-0.15, -0.1) is 0 Å². The summed E-state index contributed by atoms with van der Waals surface area (Å²) >= 11 is 5.90. The molecule has 0 saturated heterocycles. The lowest BCUT2D eigenvalue weighted by molar-refractivity contribution is -0.123. The van der Waals surface area contributed by atoms with Crippen molar-refractivity contribution in [2.45, 2.75) is 27.2 Å². The standard InChI is InChI=1S/C20H22ClN3O3/c1-13-4-7-17(8-5-13)27-12-20(26)24-23-15(3)11-19(25)22-18-9-6-16(21)10-14(18)2/h4-10H,11-12H2,1-3H3,(H,22,25)(H,24,26)/b23-15-. The minimum absolute atomic E-state index is 0.0567. The number of nitrogens with one attached hydrogen (secondary N) is 2. The molecule has 27 heavy (non-hydrogen) atoms. The Morgan fingerprint density at radius 3 is 2.44 bits per heavy atom.